The molecule has 0 heterocycles. The van der Waals surface area contributed by atoms with Gasteiger partial charge in [0.15, 0.2) is 0 Å². The lowest BCUT2D eigenvalue weighted by molar-refractivity contribution is -0.140. The van der Waals surface area contributed by atoms with Crippen LogP contribution >= 0.6 is 0 Å². The van der Waals surface area contributed by atoms with Crippen molar-refractivity contribution in [1.29, 1.82) is 0 Å². The highest BCUT2D eigenvalue weighted by atomic mass is 16.4. The molecule has 0 aromatic heterocycles. The van der Waals surface area contributed by atoms with Crippen LogP contribution in [0.5, 0.6) is 0 Å². The number of carboxylic acids is 1. The molecule has 1 aliphatic rings. The molecule has 1 saturated carbocycles. The van der Waals surface area contributed by atoms with Gasteiger partial charge in [0.25, 0.3) is 0 Å². The van der Waals surface area contributed by atoms with Crippen molar-refractivity contribution in [1.82, 2.24) is 15.1 Å². The fraction of sp³-hybridized carbons (Fsp3) is 0.800. The van der Waals surface area contributed by atoms with Gasteiger partial charge in [-0.05, 0) is 25.8 Å². The standard InChI is InChI=1S/C15H27N3O4/c1-4-18(10-15(21)22)12-8-11(9-12)16-13(19)6-5-7-14(20)17(2)3/h11-12H,4-10H2,1-3H3,(H,16,19)(H,21,22). The van der Waals surface area contributed by atoms with Crippen LogP contribution in [0.4, 0.5) is 0 Å². The third kappa shape index (κ3) is 6.01. The summed E-state index contributed by atoms with van der Waals surface area (Å²) in [6, 6.07) is 0.367. The van der Waals surface area contributed by atoms with Gasteiger partial charge in [-0.1, -0.05) is 6.92 Å². The number of aliphatic carboxylic acids is 1. The summed E-state index contributed by atoms with van der Waals surface area (Å²) < 4.78 is 0. The molecule has 0 saturated heterocycles. The van der Waals surface area contributed by atoms with Gasteiger partial charge in [0.1, 0.15) is 0 Å². The lowest BCUT2D eigenvalue weighted by atomic mass is 9.85. The number of nitrogens with one attached hydrogen (secondary N) is 1. The Morgan fingerprint density at radius 3 is 2.32 bits per heavy atom. The zero-order valence-electron chi connectivity index (χ0n) is 13.7. The van der Waals surface area contributed by atoms with Crippen LogP contribution in [-0.4, -0.2) is 72.0 Å². The molecule has 0 aromatic carbocycles. The summed E-state index contributed by atoms with van der Waals surface area (Å²) in [5.74, 6) is -0.819. The Balaban J connectivity index is 2.18. The van der Waals surface area contributed by atoms with E-state index in [9.17, 15) is 14.4 Å². The first kappa shape index (κ1) is 18.4. The van der Waals surface area contributed by atoms with Crippen molar-refractivity contribution in [3.63, 3.8) is 0 Å². The molecule has 0 spiro atoms. The quantitative estimate of drug-likeness (QED) is 0.639. The fourth-order valence-electron chi connectivity index (χ4n) is 2.60. The van der Waals surface area contributed by atoms with Gasteiger partial charge in [0, 0.05) is 39.0 Å². The topological polar surface area (TPSA) is 90.0 Å². The maximum atomic E-state index is 11.8. The van der Waals surface area contributed by atoms with Gasteiger partial charge in [-0.25, -0.2) is 0 Å². The van der Waals surface area contributed by atoms with Gasteiger partial charge < -0.3 is 15.3 Å². The number of amides is 2. The van der Waals surface area contributed by atoms with Crippen molar-refractivity contribution < 1.29 is 19.5 Å². The Bertz CT molecular complexity index is 406. The fourth-order valence-corrected chi connectivity index (χ4v) is 2.60. The second kappa shape index (κ2) is 8.73. The van der Waals surface area contributed by atoms with Crippen LogP contribution in [-0.2, 0) is 14.4 Å². The predicted molar refractivity (Wildman–Crippen MR) is 82.4 cm³/mol. The molecule has 1 aliphatic carbocycles. The highest BCUT2D eigenvalue weighted by Crippen LogP contribution is 2.25. The molecule has 0 atom stereocenters. The summed E-state index contributed by atoms with van der Waals surface area (Å²) in [7, 11) is 3.40. The van der Waals surface area contributed by atoms with Crippen molar-refractivity contribution >= 4 is 17.8 Å². The molecule has 0 bridgehead atoms. The Kier molecular flexibility index (Phi) is 7.31. The Morgan fingerprint density at radius 2 is 1.82 bits per heavy atom. The molecule has 7 nitrogen and oxygen atoms in total. The maximum Gasteiger partial charge on any atom is 0.317 e. The Hall–Kier alpha value is -1.63. The van der Waals surface area contributed by atoms with Gasteiger partial charge in [0.05, 0.1) is 6.54 Å². The molecule has 2 N–H and O–H groups in total. The summed E-state index contributed by atoms with van der Waals surface area (Å²) in [4.78, 5) is 37.4. The van der Waals surface area contributed by atoms with E-state index in [1.165, 1.54) is 4.90 Å². The largest absolute Gasteiger partial charge is 0.480 e. The number of hydrogen-bond acceptors (Lipinski definition) is 4. The molecule has 1 fully saturated rings. The first-order valence-electron chi connectivity index (χ1n) is 7.78. The number of rotatable bonds is 9. The molecule has 7 heteroatoms. The third-order valence-electron chi connectivity index (χ3n) is 4.03. The van der Waals surface area contributed by atoms with Gasteiger partial charge >= 0.3 is 5.97 Å². The number of nitrogens with zero attached hydrogens (tertiary/aromatic N) is 2. The van der Waals surface area contributed by atoms with Gasteiger partial charge in [-0.15, -0.1) is 0 Å². The monoisotopic (exact) mass is 313 g/mol. The molecule has 2 amide bonds. The Morgan fingerprint density at radius 1 is 1.18 bits per heavy atom. The average molecular weight is 313 g/mol. The first-order valence-corrected chi connectivity index (χ1v) is 7.78. The number of carboxylic acid groups (broad SMARTS) is 1. The van der Waals surface area contributed by atoms with E-state index >= 15 is 0 Å². The Labute approximate surface area is 131 Å². The van der Waals surface area contributed by atoms with E-state index in [0.717, 1.165) is 12.8 Å². The van der Waals surface area contributed by atoms with Crippen molar-refractivity contribution in [2.75, 3.05) is 27.2 Å². The summed E-state index contributed by atoms with van der Waals surface area (Å²) in [5.41, 5.74) is 0. The summed E-state index contributed by atoms with van der Waals surface area (Å²) >= 11 is 0. The number of likely N-dealkylation sites (N-methyl/N-ethyl adjacent to an activating group) is 1. The minimum atomic E-state index is -0.820. The molecule has 0 radical (unpaired) electrons. The summed E-state index contributed by atoms with van der Waals surface area (Å²) in [5, 5.41) is 11.8. The van der Waals surface area contributed by atoms with E-state index in [1.807, 2.05) is 11.8 Å². The van der Waals surface area contributed by atoms with Gasteiger partial charge in [-0.3, -0.25) is 19.3 Å². The molecule has 0 unspecified atom stereocenters. The number of carbonyl (C=O) groups excluding carboxylic acids is 2. The number of hydrogen-bond donors (Lipinski definition) is 2. The smallest absolute Gasteiger partial charge is 0.317 e. The highest BCUT2D eigenvalue weighted by Gasteiger charge is 2.34. The van der Waals surface area contributed by atoms with Crippen LogP contribution in [0.2, 0.25) is 0 Å². The summed E-state index contributed by atoms with van der Waals surface area (Å²) in [6.45, 7) is 2.69. The first-order chi connectivity index (χ1) is 10.3. The maximum absolute atomic E-state index is 11.8. The molecule has 126 valence electrons. The minimum Gasteiger partial charge on any atom is -0.480 e. The van der Waals surface area contributed by atoms with Crippen molar-refractivity contribution in [3.05, 3.63) is 0 Å². The molecule has 1 rings (SSSR count). The minimum absolute atomic E-state index is 0.0312. The van der Waals surface area contributed by atoms with Crippen LogP contribution < -0.4 is 5.32 Å². The highest BCUT2D eigenvalue weighted by molar-refractivity contribution is 5.78. The van der Waals surface area contributed by atoms with Crippen molar-refractivity contribution in [2.24, 2.45) is 0 Å². The van der Waals surface area contributed by atoms with Gasteiger partial charge in [-0.2, -0.15) is 0 Å². The predicted octanol–water partition coefficient (Wildman–Crippen LogP) is 0.299. The van der Waals surface area contributed by atoms with E-state index in [4.69, 9.17) is 5.11 Å². The van der Waals surface area contributed by atoms with E-state index in [2.05, 4.69) is 5.32 Å². The zero-order chi connectivity index (χ0) is 16.7. The zero-order valence-corrected chi connectivity index (χ0v) is 13.7. The second-order valence-electron chi connectivity index (χ2n) is 5.99. The SMILES string of the molecule is CCN(CC(=O)O)C1CC(NC(=O)CCCC(=O)N(C)C)C1. The van der Waals surface area contributed by atoms with E-state index in [0.29, 0.717) is 25.8 Å². The molecule has 22 heavy (non-hydrogen) atoms. The number of carbonyl (C=O) groups is 3. The molecular weight excluding hydrogens is 286 g/mol. The normalized spacial score (nSPS) is 20.4. The average Bonchev–Trinajstić information content (AvgIpc) is 2.39. The summed E-state index contributed by atoms with van der Waals surface area (Å²) in [6.07, 6.45) is 2.88. The third-order valence-corrected chi connectivity index (χ3v) is 4.03. The lowest BCUT2D eigenvalue weighted by Crippen LogP contribution is -2.54. The van der Waals surface area contributed by atoms with Crippen molar-refractivity contribution in [3.8, 4) is 0 Å². The molecular formula is C15H27N3O4. The van der Waals surface area contributed by atoms with E-state index in [-0.39, 0.29) is 30.4 Å². The van der Waals surface area contributed by atoms with Crippen LogP contribution in [0.25, 0.3) is 0 Å². The van der Waals surface area contributed by atoms with E-state index < -0.39 is 5.97 Å². The van der Waals surface area contributed by atoms with Crippen LogP contribution in [0.1, 0.15) is 39.0 Å². The second-order valence-corrected chi connectivity index (χ2v) is 5.99. The lowest BCUT2D eigenvalue weighted by Gasteiger charge is -2.42. The van der Waals surface area contributed by atoms with Gasteiger partial charge in [0.2, 0.25) is 11.8 Å². The van der Waals surface area contributed by atoms with Crippen LogP contribution in [0.3, 0.4) is 0 Å². The van der Waals surface area contributed by atoms with Crippen LogP contribution in [0.15, 0.2) is 0 Å². The van der Waals surface area contributed by atoms with E-state index in [1.54, 1.807) is 14.1 Å². The molecule has 0 aromatic rings. The molecule has 0 aliphatic heterocycles. The van der Waals surface area contributed by atoms with Crippen molar-refractivity contribution in [2.45, 2.75) is 51.1 Å². The van der Waals surface area contributed by atoms with Crippen LogP contribution in [0, 0.1) is 0 Å².